The first-order valence-electron chi connectivity index (χ1n) is 9.27. The van der Waals surface area contributed by atoms with Crippen LogP contribution in [0.1, 0.15) is 34.8 Å². The Kier molecular flexibility index (Phi) is 4.74. The number of halogens is 3. The van der Waals surface area contributed by atoms with E-state index < -0.39 is 28.9 Å². The number of carbonyl (C=O) groups is 1. The largest absolute Gasteiger partial charge is 0.305 e. The second-order valence-corrected chi connectivity index (χ2v) is 7.82. The number of hydrogen-bond acceptors (Lipinski definition) is 6. The summed E-state index contributed by atoms with van der Waals surface area (Å²) in [6.07, 6.45) is 8.34. The zero-order chi connectivity index (χ0) is 21.5. The molecule has 11 heteroatoms. The average molecular weight is 442 g/mol. The number of amides is 1. The smallest absolute Gasteiger partial charge is 0.262 e. The molecule has 3 aromatic heterocycles. The van der Waals surface area contributed by atoms with Gasteiger partial charge in [-0.25, -0.2) is 27.8 Å². The van der Waals surface area contributed by atoms with Crippen molar-refractivity contribution in [2.45, 2.75) is 18.8 Å². The van der Waals surface area contributed by atoms with Gasteiger partial charge in [0.2, 0.25) is 5.13 Å². The Balaban J connectivity index is 1.40. The molecule has 0 bridgehead atoms. The van der Waals surface area contributed by atoms with Gasteiger partial charge in [0.1, 0.15) is 23.0 Å². The van der Waals surface area contributed by atoms with E-state index in [0.29, 0.717) is 23.7 Å². The van der Waals surface area contributed by atoms with Crippen molar-refractivity contribution >= 4 is 23.1 Å². The van der Waals surface area contributed by atoms with E-state index in [4.69, 9.17) is 0 Å². The molecule has 0 aliphatic heterocycles. The molecule has 1 N–H and O–H groups in total. The van der Waals surface area contributed by atoms with Crippen molar-refractivity contribution < 1.29 is 18.0 Å². The maximum Gasteiger partial charge on any atom is 0.262 e. The van der Waals surface area contributed by atoms with Gasteiger partial charge in [-0.1, -0.05) is 0 Å². The van der Waals surface area contributed by atoms with Gasteiger partial charge in [-0.2, -0.15) is 5.10 Å². The van der Waals surface area contributed by atoms with Crippen LogP contribution in [0.25, 0.3) is 16.4 Å². The number of rotatable bonds is 5. The molecule has 0 radical (unpaired) electrons. The van der Waals surface area contributed by atoms with Crippen molar-refractivity contribution in [1.82, 2.24) is 24.7 Å². The summed E-state index contributed by atoms with van der Waals surface area (Å²) >= 11 is 1.46. The van der Waals surface area contributed by atoms with Crippen LogP contribution in [0.2, 0.25) is 0 Å². The second kappa shape index (κ2) is 7.58. The third kappa shape index (κ3) is 3.79. The fourth-order valence-electron chi connectivity index (χ4n) is 3.14. The van der Waals surface area contributed by atoms with E-state index in [1.54, 1.807) is 10.9 Å². The minimum atomic E-state index is -1.30. The Bertz CT molecular complexity index is 1250. The standard InChI is InChI=1S/C20H13F3N6OS/c21-11-5-13(22)17(14(23)6-11)19(30)27-16-8-25-15(7-26-16)12-9-29(20-24-3-4-31-20)28-18(12)10-1-2-10/h3-10H,1-2H2,(H,26,27,30). The normalized spacial score (nSPS) is 13.4. The first-order valence-corrected chi connectivity index (χ1v) is 10.2. The lowest BCUT2D eigenvalue weighted by atomic mass is 10.1. The summed E-state index contributed by atoms with van der Waals surface area (Å²) in [5, 5.41) is 9.50. The van der Waals surface area contributed by atoms with Gasteiger partial charge >= 0.3 is 0 Å². The van der Waals surface area contributed by atoms with E-state index >= 15 is 0 Å². The van der Waals surface area contributed by atoms with Crippen LogP contribution in [-0.2, 0) is 0 Å². The number of anilines is 1. The lowest BCUT2D eigenvalue weighted by Crippen LogP contribution is -2.17. The minimum absolute atomic E-state index is 0.00263. The van der Waals surface area contributed by atoms with E-state index in [-0.39, 0.29) is 5.82 Å². The highest BCUT2D eigenvalue weighted by molar-refractivity contribution is 7.12. The van der Waals surface area contributed by atoms with Crippen LogP contribution >= 0.6 is 11.3 Å². The van der Waals surface area contributed by atoms with Crippen LogP contribution in [0.3, 0.4) is 0 Å². The molecule has 1 aliphatic carbocycles. The van der Waals surface area contributed by atoms with Crippen molar-refractivity contribution in [3.05, 3.63) is 71.0 Å². The van der Waals surface area contributed by atoms with Crippen LogP contribution in [0.4, 0.5) is 19.0 Å². The molecule has 1 aromatic carbocycles. The van der Waals surface area contributed by atoms with Gasteiger partial charge in [-0.15, -0.1) is 11.3 Å². The molecule has 31 heavy (non-hydrogen) atoms. The number of aromatic nitrogens is 5. The molecule has 3 heterocycles. The average Bonchev–Trinajstić information content (AvgIpc) is 3.24. The highest BCUT2D eigenvalue weighted by Gasteiger charge is 2.30. The topological polar surface area (TPSA) is 85.6 Å². The molecule has 7 nitrogen and oxygen atoms in total. The predicted molar refractivity (Wildman–Crippen MR) is 107 cm³/mol. The molecular formula is C20H13F3N6OS. The Morgan fingerprint density at radius 1 is 1.10 bits per heavy atom. The lowest BCUT2D eigenvalue weighted by molar-refractivity contribution is 0.101. The molecule has 156 valence electrons. The van der Waals surface area contributed by atoms with E-state index in [1.165, 1.54) is 23.7 Å². The van der Waals surface area contributed by atoms with E-state index in [1.807, 2.05) is 11.6 Å². The van der Waals surface area contributed by atoms with Crippen molar-refractivity contribution in [1.29, 1.82) is 0 Å². The zero-order valence-electron chi connectivity index (χ0n) is 15.7. The first-order chi connectivity index (χ1) is 15.0. The fourth-order valence-corrected chi connectivity index (χ4v) is 3.71. The summed E-state index contributed by atoms with van der Waals surface area (Å²) in [5.74, 6) is -4.46. The fraction of sp³-hybridized carbons (Fsp3) is 0.150. The van der Waals surface area contributed by atoms with Crippen molar-refractivity contribution in [3.8, 4) is 16.4 Å². The Morgan fingerprint density at radius 2 is 1.87 bits per heavy atom. The second-order valence-electron chi connectivity index (χ2n) is 6.95. The van der Waals surface area contributed by atoms with Gasteiger partial charge in [-0.05, 0) is 12.8 Å². The van der Waals surface area contributed by atoms with Gasteiger partial charge in [0.25, 0.3) is 5.91 Å². The predicted octanol–water partition coefficient (Wildman–Crippen LogP) is 4.33. The summed E-state index contributed by atoms with van der Waals surface area (Å²) in [6, 6.07) is 0.874. The maximum atomic E-state index is 13.8. The minimum Gasteiger partial charge on any atom is -0.305 e. The monoisotopic (exact) mass is 442 g/mol. The molecule has 1 amide bonds. The quantitative estimate of drug-likeness (QED) is 0.497. The molecule has 1 fully saturated rings. The number of carbonyl (C=O) groups excluding carboxylic acids is 1. The molecule has 1 aliphatic rings. The molecule has 5 rings (SSSR count). The molecular weight excluding hydrogens is 429 g/mol. The highest BCUT2D eigenvalue weighted by Crippen LogP contribution is 2.43. The number of nitrogens with zero attached hydrogens (tertiary/aromatic N) is 5. The van der Waals surface area contributed by atoms with Crippen LogP contribution in [-0.4, -0.2) is 30.6 Å². The van der Waals surface area contributed by atoms with E-state index in [2.05, 4.69) is 25.4 Å². The van der Waals surface area contributed by atoms with Crippen molar-refractivity contribution in [2.24, 2.45) is 0 Å². The van der Waals surface area contributed by atoms with Crippen molar-refractivity contribution in [3.63, 3.8) is 0 Å². The van der Waals surface area contributed by atoms with E-state index in [0.717, 1.165) is 29.2 Å². The third-order valence-corrected chi connectivity index (χ3v) is 5.49. The molecule has 0 unspecified atom stereocenters. The Labute approximate surface area is 177 Å². The summed E-state index contributed by atoms with van der Waals surface area (Å²) in [5.41, 5.74) is 1.35. The van der Waals surface area contributed by atoms with Crippen LogP contribution in [0.5, 0.6) is 0 Å². The SMILES string of the molecule is O=C(Nc1cnc(-c2cn(-c3nccs3)nc2C2CC2)cn1)c1c(F)cc(F)cc1F. The summed E-state index contributed by atoms with van der Waals surface area (Å²) in [6.45, 7) is 0. The Hall–Kier alpha value is -3.60. The number of hydrogen-bond donors (Lipinski definition) is 1. The zero-order valence-corrected chi connectivity index (χ0v) is 16.5. The third-order valence-electron chi connectivity index (χ3n) is 4.73. The summed E-state index contributed by atoms with van der Waals surface area (Å²) in [4.78, 5) is 24.9. The van der Waals surface area contributed by atoms with Crippen LogP contribution < -0.4 is 5.32 Å². The van der Waals surface area contributed by atoms with Crippen LogP contribution in [0, 0.1) is 17.5 Å². The number of thiazole rings is 1. The van der Waals surface area contributed by atoms with Gasteiger partial charge in [0.05, 0.1) is 23.8 Å². The summed E-state index contributed by atoms with van der Waals surface area (Å²) in [7, 11) is 0. The summed E-state index contributed by atoms with van der Waals surface area (Å²) < 4.78 is 42.4. The van der Waals surface area contributed by atoms with Gasteiger partial charge < -0.3 is 5.32 Å². The molecule has 1 saturated carbocycles. The Morgan fingerprint density at radius 3 is 2.48 bits per heavy atom. The number of nitrogens with one attached hydrogen (secondary N) is 1. The lowest BCUT2D eigenvalue weighted by Gasteiger charge is -2.07. The van der Waals surface area contributed by atoms with Gasteiger partial charge in [0, 0.05) is 41.4 Å². The van der Waals surface area contributed by atoms with Gasteiger partial charge in [-0.3, -0.25) is 9.78 Å². The molecule has 0 spiro atoms. The molecule has 4 aromatic rings. The molecule has 0 atom stereocenters. The van der Waals surface area contributed by atoms with E-state index in [9.17, 15) is 18.0 Å². The highest BCUT2D eigenvalue weighted by atomic mass is 32.1. The van der Waals surface area contributed by atoms with Gasteiger partial charge in [0.15, 0.2) is 5.82 Å². The van der Waals surface area contributed by atoms with Crippen LogP contribution in [0.15, 0.2) is 42.3 Å². The number of benzene rings is 1. The molecule has 0 saturated heterocycles. The van der Waals surface area contributed by atoms with Crippen molar-refractivity contribution in [2.75, 3.05) is 5.32 Å². The first kappa shape index (κ1) is 19.4. The maximum absolute atomic E-state index is 13.8.